The van der Waals surface area contributed by atoms with Crippen LogP contribution in [0.25, 0.3) is 21.4 Å². The number of hydrogen-bond acceptors (Lipinski definition) is 7. The van der Waals surface area contributed by atoms with Crippen LogP contribution in [0.5, 0.6) is 0 Å². The quantitative estimate of drug-likeness (QED) is 0.778. The molecule has 0 aliphatic rings. The largest absolute Gasteiger partial charge is 0.342 e. The zero-order chi connectivity index (χ0) is 13.2. The fourth-order valence-corrected chi connectivity index (χ4v) is 2.69. The SMILES string of the molecule is CCc1nc(-c2cc(=O)[nH]cn2)sc1-c1ncon1. The molecule has 3 heterocycles. The Morgan fingerprint density at radius 1 is 1.42 bits per heavy atom. The van der Waals surface area contributed by atoms with Crippen LogP contribution in [0.4, 0.5) is 0 Å². The van der Waals surface area contributed by atoms with Gasteiger partial charge in [0.15, 0.2) is 0 Å². The van der Waals surface area contributed by atoms with Crippen LogP contribution in [0.1, 0.15) is 12.6 Å². The van der Waals surface area contributed by atoms with E-state index < -0.39 is 0 Å². The predicted molar refractivity (Wildman–Crippen MR) is 68.6 cm³/mol. The van der Waals surface area contributed by atoms with Crippen LogP contribution in [0.3, 0.4) is 0 Å². The summed E-state index contributed by atoms with van der Waals surface area (Å²) in [7, 11) is 0. The molecule has 0 unspecified atom stereocenters. The van der Waals surface area contributed by atoms with Gasteiger partial charge < -0.3 is 9.51 Å². The van der Waals surface area contributed by atoms with Gasteiger partial charge in [0.05, 0.1) is 16.9 Å². The monoisotopic (exact) mass is 275 g/mol. The van der Waals surface area contributed by atoms with E-state index >= 15 is 0 Å². The molecular weight excluding hydrogens is 266 g/mol. The molecule has 0 radical (unpaired) electrons. The highest BCUT2D eigenvalue weighted by atomic mass is 32.1. The Balaban J connectivity index is 2.12. The van der Waals surface area contributed by atoms with E-state index in [2.05, 4.69) is 25.1 Å². The highest BCUT2D eigenvalue weighted by molar-refractivity contribution is 7.18. The lowest BCUT2D eigenvalue weighted by molar-refractivity contribution is 0.419. The molecule has 0 aromatic carbocycles. The van der Waals surface area contributed by atoms with E-state index in [-0.39, 0.29) is 5.56 Å². The highest BCUT2D eigenvalue weighted by Gasteiger charge is 2.17. The molecule has 7 nitrogen and oxygen atoms in total. The van der Waals surface area contributed by atoms with Crippen LogP contribution in [0.2, 0.25) is 0 Å². The number of thiazole rings is 1. The van der Waals surface area contributed by atoms with Gasteiger partial charge >= 0.3 is 0 Å². The lowest BCUT2D eigenvalue weighted by atomic mass is 10.3. The molecule has 0 saturated carbocycles. The van der Waals surface area contributed by atoms with Gasteiger partial charge in [-0.05, 0) is 6.42 Å². The summed E-state index contributed by atoms with van der Waals surface area (Å²) in [4.78, 5) is 27.2. The van der Waals surface area contributed by atoms with Crippen molar-refractivity contribution in [2.75, 3.05) is 0 Å². The number of H-pyrrole nitrogens is 1. The zero-order valence-electron chi connectivity index (χ0n) is 9.95. The number of nitrogens with zero attached hydrogens (tertiary/aromatic N) is 4. The zero-order valence-corrected chi connectivity index (χ0v) is 10.8. The van der Waals surface area contributed by atoms with Crippen molar-refractivity contribution in [3.63, 3.8) is 0 Å². The first-order valence-electron chi connectivity index (χ1n) is 5.59. The van der Waals surface area contributed by atoms with Crippen molar-refractivity contribution in [3.8, 4) is 21.4 Å². The summed E-state index contributed by atoms with van der Waals surface area (Å²) < 4.78 is 4.75. The highest BCUT2D eigenvalue weighted by Crippen LogP contribution is 2.32. The van der Waals surface area contributed by atoms with E-state index in [0.717, 1.165) is 17.0 Å². The van der Waals surface area contributed by atoms with E-state index in [0.29, 0.717) is 16.5 Å². The molecule has 0 saturated heterocycles. The van der Waals surface area contributed by atoms with Crippen molar-refractivity contribution >= 4 is 11.3 Å². The second-order valence-corrected chi connectivity index (χ2v) is 4.70. The lowest BCUT2D eigenvalue weighted by Crippen LogP contribution is -2.04. The average molecular weight is 275 g/mol. The molecule has 3 rings (SSSR count). The van der Waals surface area contributed by atoms with Gasteiger partial charge in [-0.25, -0.2) is 9.97 Å². The molecule has 0 fully saturated rings. The molecular formula is C11H9N5O2S. The molecule has 0 bridgehead atoms. The molecule has 1 N–H and O–H groups in total. The number of hydrogen-bond donors (Lipinski definition) is 1. The Bertz CT molecular complexity index is 747. The third-order valence-corrected chi connectivity index (χ3v) is 3.61. The van der Waals surface area contributed by atoms with Crippen molar-refractivity contribution in [3.05, 3.63) is 34.8 Å². The van der Waals surface area contributed by atoms with Crippen LogP contribution in [0, 0.1) is 0 Å². The smallest absolute Gasteiger partial charge is 0.251 e. The maximum absolute atomic E-state index is 11.3. The van der Waals surface area contributed by atoms with Crippen LogP contribution < -0.4 is 5.56 Å². The topological polar surface area (TPSA) is 97.6 Å². The normalized spacial score (nSPS) is 10.8. The van der Waals surface area contributed by atoms with Crippen molar-refractivity contribution < 1.29 is 4.52 Å². The molecule has 19 heavy (non-hydrogen) atoms. The van der Waals surface area contributed by atoms with Gasteiger partial charge in [-0.1, -0.05) is 12.1 Å². The summed E-state index contributed by atoms with van der Waals surface area (Å²) in [6, 6.07) is 1.41. The third kappa shape index (κ3) is 2.17. The van der Waals surface area contributed by atoms with E-state index in [1.165, 1.54) is 30.1 Å². The molecule has 0 aliphatic carbocycles. The molecule has 0 aliphatic heterocycles. The minimum atomic E-state index is -0.209. The van der Waals surface area contributed by atoms with Gasteiger partial charge in [0.1, 0.15) is 10.7 Å². The summed E-state index contributed by atoms with van der Waals surface area (Å²) in [5.74, 6) is 0.505. The minimum Gasteiger partial charge on any atom is -0.342 e. The van der Waals surface area contributed by atoms with Gasteiger partial charge in [0.2, 0.25) is 12.2 Å². The number of aryl methyl sites for hydroxylation is 1. The van der Waals surface area contributed by atoms with Crippen molar-refractivity contribution in [1.29, 1.82) is 0 Å². The maximum Gasteiger partial charge on any atom is 0.251 e. The van der Waals surface area contributed by atoms with Gasteiger partial charge in [0.25, 0.3) is 5.56 Å². The van der Waals surface area contributed by atoms with Crippen LogP contribution >= 0.6 is 11.3 Å². The lowest BCUT2D eigenvalue weighted by Gasteiger charge is -1.91. The van der Waals surface area contributed by atoms with Gasteiger partial charge in [-0.2, -0.15) is 4.98 Å². The Morgan fingerprint density at radius 2 is 2.32 bits per heavy atom. The fourth-order valence-electron chi connectivity index (χ4n) is 1.63. The first kappa shape index (κ1) is 11.7. The summed E-state index contributed by atoms with van der Waals surface area (Å²) in [6.07, 6.45) is 3.38. The van der Waals surface area contributed by atoms with E-state index in [1.807, 2.05) is 6.92 Å². The Labute approximate surface area is 111 Å². The van der Waals surface area contributed by atoms with Crippen LogP contribution in [-0.2, 0) is 6.42 Å². The van der Waals surface area contributed by atoms with E-state index in [1.54, 1.807) is 0 Å². The summed E-state index contributed by atoms with van der Waals surface area (Å²) in [5, 5.41) is 4.48. The summed E-state index contributed by atoms with van der Waals surface area (Å²) >= 11 is 1.39. The fraction of sp³-hybridized carbons (Fsp3) is 0.182. The Hall–Kier alpha value is -2.35. The molecule has 96 valence electrons. The predicted octanol–water partition coefficient (Wildman–Crippen LogP) is 1.51. The summed E-state index contributed by atoms with van der Waals surface area (Å²) in [6.45, 7) is 1.99. The standard InChI is InChI=1S/C11H9N5O2S/c1-2-6-9(10-14-5-18-16-10)19-11(15-6)7-3-8(17)13-4-12-7/h3-5H,2H2,1H3,(H,12,13,17). The first-order valence-corrected chi connectivity index (χ1v) is 6.41. The molecule has 0 amide bonds. The molecule has 3 aromatic heterocycles. The van der Waals surface area contributed by atoms with Gasteiger partial charge in [-0.3, -0.25) is 4.79 Å². The molecule has 0 atom stereocenters. The molecule has 3 aromatic rings. The van der Waals surface area contributed by atoms with Crippen molar-refractivity contribution in [2.45, 2.75) is 13.3 Å². The second kappa shape index (κ2) is 4.73. The third-order valence-electron chi connectivity index (χ3n) is 2.49. The number of aromatic nitrogens is 5. The van der Waals surface area contributed by atoms with Crippen LogP contribution in [0.15, 0.2) is 28.1 Å². The number of rotatable bonds is 3. The molecule has 0 spiro atoms. The maximum atomic E-state index is 11.3. The Morgan fingerprint density at radius 3 is 3.00 bits per heavy atom. The average Bonchev–Trinajstić information content (AvgIpc) is 3.07. The van der Waals surface area contributed by atoms with Crippen molar-refractivity contribution in [2.24, 2.45) is 0 Å². The second-order valence-electron chi connectivity index (χ2n) is 3.70. The minimum absolute atomic E-state index is 0.209. The van der Waals surface area contributed by atoms with E-state index in [9.17, 15) is 4.79 Å². The van der Waals surface area contributed by atoms with Crippen molar-refractivity contribution in [1.82, 2.24) is 25.1 Å². The summed E-state index contributed by atoms with van der Waals surface area (Å²) in [5.41, 5.74) is 1.20. The Kier molecular flexibility index (Phi) is 2.92. The van der Waals surface area contributed by atoms with Gasteiger partial charge in [0, 0.05) is 6.07 Å². The first-order chi connectivity index (χ1) is 9.28. The van der Waals surface area contributed by atoms with Crippen LogP contribution in [-0.4, -0.2) is 25.1 Å². The van der Waals surface area contributed by atoms with E-state index in [4.69, 9.17) is 4.52 Å². The molecule has 8 heteroatoms. The number of nitrogens with one attached hydrogen (secondary N) is 1. The number of aromatic amines is 1. The van der Waals surface area contributed by atoms with Gasteiger partial charge in [-0.15, -0.1) is 11.3 Å².